The van der Waals surface area contributed by atoms with E-state index in [-0.39, 0.29) is 0 Å². The zero-order valence-corrected chi connectivity index (χ0v) is 52.7. The minimum absolute atomic E-state index is 0.931. The summed E-state index contributed by atoms with van der Waals surface area (Å²) in [5.41, 5.74) is 0. The zero-order chi connectivity index (χ0) is 52.9. The lowest BCUT2D eigenvalue weighted by Gasteiger charge is -2.62. The van der Waals surface area contributed by atoms with Gasteiger partial charge in [-0.25, -0.2) is 0 Å². The van der Waals surface area contributed by atoms with Crippen molar-refractivity contribution in [3.8, 4) is 0 Å². The molecular weight excluding hydrogens is 965 g/mol. The molecule has 16 atom stereocenters. The second-order valence-corrected chi connectivity index (χ2v) is 34.6. The highest BCUT2D eigenvalue weighted by Crippen LogP contribution is 2.67. The fourth-order valence-electron chi connectivity index (χ4n) is 28.8. The van der Waals surface area contributed by atoms with Crippen molar-refractivity contribution in [2.24, 2.45) is 118 Å². The van der Waals surface area contributed by atoms with E-state index in [1.165, 1.54) is 128 Å². The Morgan fingerprint density at radius 3 is 0.500 bits per heavy atom. The zero-order valence-electron chi connectivity index (χ0n) is 52.7. The van der Waals surface area contributed by atoms with E-state index in [9.17, 15) is 0 Å². The number of fused-ring (bicyclic) bond motifs is 10. The minimum atomic E-state index is 0.931. The number of rotatable bonds is 10. The maximum atomic E-state index is 3.29. The van der Waals surface area contributed by atoms with Crippen LogP contribution in [-0.2, 0) is 0 Å². The molecule has 80 heavy (non-hydrogen) atoms. The highest BCUT2D eigenvalue weighted by atomic mass is 15.2. The SMILES string of the molecule is C1CCC(N(C2CCCCC2)C2CCC(C3CC4C5CCCCC5C(C5CCC(C6CC7C8CCCCC8C(C8CCC(N(C9CCCCC9)C9CCCCC9)CC8)CC7C7CCCCC67)CC5)CC4C4CCCCC34)CC2)CC1. The van der Waals surface area contributed by atoms with Gasteiger partial charge in [0.2, 0.25) is 0 Å². The van der Waals surface area contributed by atoms with Gasteiger partial charge in [0, 0.05) is 36.3 Å². The Morgan fingerprint density at radius 1 is 0.125 bits per heavy atom. The Labute approximate surface area is 495 Å². The quantitative estimate of drug-likeness (QED) is 0.215. The molecule has 0 aromatic heterocycles. The van der Waals surface area contributed by atoms with Crippen molar-refractivity contribution in [2.75, 3.05) is 0 Å². The predicted octanol–water partition coefficient (Wildman–Crippen LogP) is 21.6. The molecule has 0 aliphatic heterocycles. The van der Waals surface area contributed by atoms with E-state index < -0.39 is 0 Å². The molecule has 0 saturated heterocycles. The van der Waals surface area contributed by atoms with Gasteiger partial charge in [-0.3, -0.25) is 9.80 Å². The Balaban J connectivity index is 0.599. The van der Waals surface area contributed by atoms with Crippen LogP contribution in [0.4, 0.5) is 0 Å². The maximum Gasteiger partial charge on any atom is 0.0101 e. The summed E-state index contributed by atoms with van der Waals surface area (Å²) in [6.45, 7) is 0. The highest BCUT2D eigenvalue weighted by Gasteiger charge is 2.59. The molecule has 15 aliphatic carbocycles. The van der Waals surface area contributed by atoms with Crippen LogP contribution in [0.3, 0.4) is 0 Å². The summed E-state index contributed by atoms with van der Waals surface area (Å²) < 4.78 is 0. The van der Waals surface area contributed by atoms with E-state index in [1.807, 2.05) is 0 Å². The van der Waals surface area contributed by atoms with Gasteiger partial charge in [0.15, 0.2) is 0 Å². The van der Waals surface area contributed by atoms with E-state index in [1.54, 1.807) is 205 Å². The number of hydrogen-bond donors (Lipinski definition) is 0. The normalized spacial score (nSPS) is 48.7. The first kappa shape index (κ1) is 56.4. The smallest absolute Gasteiger partial charge is 0.0101 e. The Bertz CT molecular complexity index is 1720. The van der Waals surface area contributed by atoms with Gasteiger partial charge in [-0.2, -0.15) is 0 Å². The lowest BCUT2D eigenvalue weighted by Crippen LogP contribution is -2.55. The fourth-order valence-corrected chi connectivity index (χ4v) is 28.8. The van der Waals surface area contributed by atoms with Gasteiger partial charge in [0.1, 0.15) is 0 Å². The van der Waals surface area contributed by atoms with Crippen LogP contribution in [0.2, 0.25) is 0 Å². The largest absolute Gasteiger partial charge is 0.294 e. The van der Waals surface area contributed by atoms with Crippen molar-refractivity contribution < 1.29 is 0 Å². The number of hydrogen-bond acceptors (Lipinski definition) is 2. The van der Waals surface area contributed by atoms with Crippen molar-refractivity contribution in [3.63, 3.8) is 0 Å². The molecule has 2 nitrogen and oxygen atoms in total. The van der Waals surface area contributed by atoms with E-state index in [4.69, 9.17) is 0 Å². The van der Waals surface area contributed by atoms with Crippen LogP contribution in [0.15, 0.2) is 0 Å². The lowest BCUT2D eigenvalue weighted by atomic mass is 9.43. The predicted molar refractivity (Wildman–Crippen MR) is 336 cm³/mol. The van der Waals surface area contributed by atoms with Gasteiger partial charge in [0.25, 0.3) is 0 Å². The van der Waals surface area contributed by atoms with Gasteiger partial charge in [0.05, 0.1) is 0 Å². The summed E-state index contributed by atoms with van der Waals surface area (Å²) in [5.74, 6) is 22.1. The first-order chi connectivity index (χ1) is 39.7. The molecule has 2 heteroatoms. The van der Waals surface area contributed by atoms with Crippen molar-refractivity contribution in [3.05, 3.63) is 0 Å². The molecule has 0 heterocycles. The molecule has 0 spiro atoms. The summed E-state index contributed by atoms with van der Waals surface area (Å²) in [6.07, 6.45) is 82.4. The Kier molecular flexibility index (Phi) is 18.3. The molecule has 0 radical (unpaired) electrons. The van der Waals surface area contributed by atoms with E-state index >= 15 is 0 Å². The molecule has 0 amide bonds. The molecule has 15 aliphatic rings. The van der Waals surface area contributed by atoms with Crippen LogP contribution in [0.5, 0.6) is 0 Å². The van der Waals surface area contributed by atoms with Gasteiger partial charge >= 0.3 is 0 Å². The molecule has 0 N–H and O–H groups in total. The summed E-state index contributed by atoms with van der Waals surface area (Å²) in [4.78, 5) is 6.58. The molecule has 16 unspecified atom stereocenters. The first-order valence-corrected chi connectivity index (χ1v) is 39.2. The third-order valence-electron chi connectivity index (χ3n) is 31.7. The monoisotopic (exact) mass is 1100 g/mol. The summed E-state index contributed by atoms with van der Waals surface area (Å²) in [5, 5.41) is 0. The van der Waals surface area contributed by atoms with Crippen LogP contribution in [-0.4, -0.2) is 46.1 Å². The van der Waals surface area contributed by atoms with Crippen molar-refractivity contribution >= 4 is 0 Å². The van der Waals surface area contributed by atoms with Crippen LogP contribution >= 0.6 is 0 Å². The summed E-state index contributed by atoms with van der Waals surface area (Å²) >= 11 is 0. The molecule has 15 fully saturated rings. The van der Waals surface area contributed by atoms with E-state index in [0.717, 1.165) is 155 Å². The molecular formula is C78H130N2. The summed E-state index contributed by atoms with van der Waals surface area (Å²) in [7, 11) is 0. The van der Waals surface area contributed by atoms with Crippen molar-refractivity contribution in [1.29, 1.82) is 0 Å². The van der Waals surface area contributed by atoms with Crippen LogP contribution in [0.25, 0.3) is 0 Å². The molecule has 0 aromatic carbocycles. The van der Waals surface area contributed by atoms with Crippen molar-refractivity contribution in [2.45, 2.75) is 370 Å². The number of nitrogens with zero attached hydrogens (tertiary/aromatic N) is 2. The van der Waals surface area contributed by atoms with Crippen LogP contribution in [0, 0.1) is 118 Å². The van der Waals surface area contributed by atoms with Gasteiger partial charge < -0.3 is 0 Å². The van der Waals surface area contributed by atoms with Crippen LogP contribution in [0.1, 0.15) is 334 Å². The Morgan fingerprint density at radius 2 is 0.287 bits per heavy atom. The highest BCUT2D eigenvalue weighted by molar-refractivity contribution is 5.09. The van der Waals surface area contributed by atoms with Crippen molar-refractivity contribution in [1.82, 2.24) is 9.80 Å². The Hall–Kier alpha value is -0.0800. The second-order valence-electron chi connectivity index (χ2n) is 34.6. The topological polar surface area (TPSA) is 6.48 Å². The molecule has 0 bridgehead atoms. The van der Waals surface area contributed by atoms with E-state index in [2.05, 4.69) is 9.80 Å². The average molecular weight is 1100 g/mol. The van der Waals surface area contributed by atoms with Crippen LogP contribution < -0.4 is 0 Å². The molecule has 15 rings (SSSR count). The fraction of sp³-hybridized carbons (Fsp3) is 1.00. The maximum absolute atomic E-state index is 3.29. The first-order valence-electron chi connectivity index (χ1n) is 39.2. The lowest BCUT2D eigenvalue weighted by molar-refractivity contribution is -0.128. The summed E-state index contributed by atoms with van der Waals surface area (Å²) in [6, 6.07) is 5.61. The third-order valence-corrected chi connectivity index (χ3v) is 31.7. The average Bonchev–Trinajstić information content (AvgIpc) is 3.71. The van der Waals surface area contributed by atoms with Gasteiger partial charge in [-0.05, 0) is 324 Å². The molecule has 0 aromatic rings. The van der Waals surface area contributed by atoms with Gasteiger partial charge in [-0.1, -0.05) is 128 Å². The minimum Gasteiger partial charge on any atom is -0.294 e. The van der Waals surface area contributed by atoms with E-state index in [0.29, 0.717) is 0 Å². The molecule has 15 saturated carbocycles. The molecule has 452 valence electrons. The second kappa shape index (κ2) is 25.9. The third kappa shape index (κ3) is 11.3. The van der Waals surface area contributed by atoms with Gasteiger partial charge in [-0.15, -0.1) is 0 Å². The standard InChI is InChI=1S/C78H130N2/c1-5-21-57(22-6-1)79(58-23-7-2-8-24-58)61-45-41-55(42-46-61)73-51-77-67-33-17-13-29-63(67)71(49-75(77)69-35-19-15-31-65(69)73)53-37-39-54(40-38-53)72-50-76-70-36-20-16-32-66(70)74(52-78(76)68-34-18-14-30-64(68)72)56-43-47-62(48-44-56)80(59-25-9-3-10-26-59)60-27-11-4-12-28-60/h53-78H,1-52H2.